The van der Waals surface area contributed by atoms with Crippen LogP contribution in [0.4, 0.5) is 0 Å². The van der Waals surface area contributed by atoms with E-state index in [9.17, 15) is 14.7 Å². The quantitative estimate of drug-likeness (QED) is 0.487. The topological polar surface area (TPSA) is 91.2 Å². The zero-order valence-corrected chi connectivity index (χ0v) is 21.7. The number of methoxy groups -OCH3 is 1. The van der Waals surface area contributed by atoms with Gasteiger partial charge in [0.1, 0.15) is 12.4 Å². The number of amides is 1. The van der Waals surface area contributed by atoms with Crippen LogP contribution in [0.2, 0.25) is 0 Å². The molecule has 4 rings (SSSR count). The van der Waals surface area contributed by atoms with Gasteiger partial charge < -0.3 is 15.2 Å². The first kappa shape index (κ1) is 27.1. The van der Waals surface area contributed by atoms with Crippen molar-refractivity contribution in [2.75, 3.05) is 13.8 Å². The predicted molar refractivity (Wildman–Crippen MR) is 143 cm³/mol. The van der Waals surface area contributed by atoms with Crippen LogP contribution in [-0.4, -0.2) is 41.5 Å². The molecule has 0 unspecified atom stereocenters. The molecule has 0 saturated heterocycles. The van der Waals surface area contributed by atoms with E-state index in [0.29, 0.717) is 12.2 Å². The highest BCUT2D eigenvalue weighted by Gasteiger charge is 2.34. The van der Waals surface area contributed by atoms with Crippen molar-refractivity contribution in [2.24, 2.45) is 11.0 Å². The summed E-state index contributed by atoms with van der Waals surface area (Å²) in [5.74, 6) is -1.21. The number of benzene rings is 2. The summed E-state index contributed by atoms with van der Waals surface area (Å²) in [6, 6.07) is 16.4. The third-order valence-electron chi connectivity index (χ3n) is 6.54. The van der Waals surface area contributed by atoms with Crippen LogP contribution in [0.1, 0.15) is 64.0 Å². The Balaban J connectivity index is 0.00000176. The molecular formula is C29H37N3O4. The second-order valence-electron chi connectivity index (χ2n) is 8.82. The molecule has 2 aromatic rings. The summed E-state index contributed by atoms with van der Waals surface area (Å²) in [6.07, 6.45) is 5.24. The highest BCUT2D eigenvalue weighted by molar-refractivity contribution is 6.34. The second-order valence-corrected chi connectivity index (χ2v) is 8.82. The molecule has 0 atom stereocenters. The third kappa shape index (κ3) is 6.21. The summed E-state index contributed by atoms with van der Waals surface area (Å²) < 4.78 is 5.35. The number of hydrogen-bond donors (Lipinski definition) is 2. The molecule has 36 heavy (non-hydrogen) atoms. The van der Waals surface area contributed by atoms with Crippen molar-refractivity contribution in [1.29, 1.82) is 0 Å². The number of hydrazone groups is 1. The number of carboxylic acids is 1. The van der Waals surface area contributed by atoms with Crippen molar-refractivity contribution < 1.29 is 19.4 Å². The van der Waals surface area contributed by atoms with E-state index in [-0.39, 0.29) is 24.2 Å². The SMILES string of the molecule is CC.COCc1ccccc1-c1ccc(C2=C(C3CCCCC3)C(=O)N(/N=C(\C)C(=O)O)CN2)cc1. The van der Waals surface area contributed by atoms with Crippen molar-refractivity contribution in [3.8, 4) is 11.1 Å². The smallest absolute Gasteiger partial charge is 0.351 e. The Hall–Kier alpha value is -3.45. The predicted octanol–water partition coefficient (Wildman–Crippen LogP) is 5.67. The molecule has 0 spiro atoms. The minimum absolute atomic E-state index is 0.110. The van der Waals surface area contributed by atoms with E-state index in [1.54, 1.807) is 7.11 Å². The largest absolute Gasteiger partial charge is 0.477 e. The molecule has 2 aliphatic rings. The van der Waals surface area contributed by atoms with E-state index >= 15 is 0 Å². The summed E-state index contributed by atoms with van der Waals surface area (Å²) in [7, 11) is 1.69. The molecule has 7 nitrogen and oxygen atoms in total. The summed E-state index contributed by atoms with van der Waals surface area (Å²) >= 11 is 0. The Labute approximate surface area is 213 Å². The number of carbonyl (C=O) groups is 2. The summed E-state index contributed by atoms with van der Waals surface area (Å²) in [5.41, 5.74) is 5.69. The van der Waals surface area contributed by atoms with Gasteiger partial charge in [0.2, 0.25) is 0 Å². The fraction of sp³-hybridized carbons (Fsp3) is 0.414. The van der Waals surface area contributed by atoms with Gasteiger partial charge in [-0.05, 0) is 47.9 Å². The van der Waals surface area contributed by atoms with Gasteiger partial charge in [-0.1, -0.05) is 81.6 Å². The Morgan fingerprint density at radius 1 is 1.06 bits per heavy atom. The van der Waals surface area contributed by atoms with Crippen molar-refractivity contribution in [2.45, 2.75) is 59.5 Å². The Morgan fingerprint density at radius 3 is 2.33 bits per heavy atom. The average molecular weight is 492 g/mol. The van der Waals surface area contributed by atoms with E-state index in [2.05, 4.69) is 34.7 Å². The van der Waals surface area contributed by atoms with Crippen LogP contribution in [0.5, 0.6) is 0 Å². The van der Waals surface area contributed by atoms with Gasteiger partial charge in [0.05, 0.1) is 12.3 Å². The van der Waals surface area contributed by atoms with Crippen LogP contribution >= 0.6 is 0 Å². The Bertz CT molecular complexity index is 1120. The van der Waals surface area contributed by atoms with Crippen LogP contribution in [0.15, 0.2) is 59.2 Å². The van der Waals surface area contributed by atoms with Gasteiger partial charge in [-0.2, -0.15) is 5.10 Å². The summed E-state index contributed by atoms with van der Waals surface area (Å²) in [4.78, 5) is 24.7. The normalized spacial score (nSPS) is 16.8. The summed E-state index contributed by atoms with van der Waals surface area (Å²) in [6.45, 7) is 6.07. The number of ether oxygens (including phenoxy) is 1. The van der Waals surface area contributed by atoms with Crippen LogP contribution in [-0.2, 0) is 20.9 Å². The molecule has 192 valence electrons. The van der Waals surface area contributed by atoms with Crippen LogP contribution in [0.3, 0.4) is 0 Å². The Morgan fingerprint density at radius 2 is 1.69 bits per heavy atom. The molecule has 2 aromatic carbocycles. The molecule has 1 fully saturated rings. The number of aliphatic carboxylic acids is 1. The second kappa shape index (κ2) is 13.0. The fourth-order valence-electron chi connectivity index (χ4n) is 4.80. The molecule has 2 N–H and O–H groups in total. The van der Waals surface area contributed by atoms with Crippen LogP contribution in [0, 0.1) is 5.92 Å². The van der Waals surface area contributed by atoms with Gasteiger partial charge in [-0.3, -0.25) is 4.79 Å². The minimum atomic E-state index is -1.13. The molecule has 1 aliphatic heterocycles. The van der Waals surface area contributed by atoms with Crippen LogP contribution in [0.25, 0.3) is 16.8 Å². The molecule has 1 saturated carbocycles. The molecular weight excluding hydrogens is 454 g/mol. The number of nitrogens with one attached hydrogen (secondary N) is 1. The first-order valence-electron chi connectivity index (χ1n) is 12.8. The van der Waals surface area contributed by atoms with Gasteiger partial charge in [0, 0.05) is 12.7 Å². The average Bonchev–Trinajstić information content (AvgIpc) is 2.92. The van der Waals surface area contributed by atoms with Gasteiger partial charge in [-0.25, -0.2) is 9.80 Å². The summed E-state index contributed by atoms with van der Waals surface area (Å²) in [5, 5.41) is 17.9. The highest BCUT2D eigenvalue weighted by atomic mass is 16.5. The van der Waals surface area contributed by atoms with Crippen molar-refractivity contribution >= 4 is 23.3 Å². The lowest BCUT2D eigenvalue weighted by Gasteiger charge is -2.34. The monoisotopic (exact) mass is 491 g/mol. The van der Waals surface area contributed by atoms with Gasteiger partial charge in [0.15, 0.2) is 0 Å². The van der Waals surface area contributed by atoms with Crippen molar-refractivity contribution in [3.05, 3.63) is 65.2 Å². The number of carbonyl (C=O) groups excluding carboxylic acids is 1. The number of hydrogen-bond acceptors (Lipinski definition) is 5. The maximum atomic E-state index is 13.5. The minimum Gasteiger partial charge on any atom is -0.477 e. The maximum absolute atomic E-state index is 13.5. The number of nitrogens with zero attached hydrogens (tertiary/aromatic N) is 2. The van der Waals surface area contributed by atoms with E-state index in [0.717, 1.165) is 53.6 Å². The zero-order chi connectivity index (χ0) is 26.1. The van der Waals surface area contributed by atoms with Gasteiger partial charge in [-0.15, -0.1) is 0 Å². The molecule has 1 amide bonds. The van der Waals surface area contributed by atoms with E-state index < -0.39 is 5.97 Å². The molecule has 1 aliphatic carbocycles. The standard InChI is InChI=1S/C27H31N3O4.C2H6/c1-18(27(32)33)29-30-17-28-25(24(26(30)31)20-8-4-3-5-9-20)21-14-12-19(13-15-21)23-11-7-6-10-22(23)16-34-2;1-2/h6-7,10-15,20,28H,3-5,8-9,16-17H2,1-2H3,(H,32,33);1-2H3/b29-18+;. The lowest BCUT2D eigenvalue weighted by Crippen LogP contribution is -2.44. The zero-order valence-electron chi connectivity index (χ0n) is 21.7. The lowest BCUT2D eigenvalue weighted by molar-refractivity contribution is -0.129. The molecule has 0 radical (unpaired) electrons. The van der Waals surface area contributed by atoms with Crippen molar-refractivity contribution in [3.63, 3.8) is 0 Å². The number of rotatable bonds is 7. The first-order valence-corrected chi connectivity index (χ1v) is 12.8. The maximum Gasteiger partial charge on any atom is 0.351 e. The first-order chi connectivity index (χ1) is 17.5. The molecule has 7 heteroatoms. The van der Waals surface area contributed by atoms with Gasteiger partial charge >= 0.3 is 5.97 Å². The fourth-order valence-corrected chi connectivity index (χ4v) is 4.80. The number of carboxylic acid groups (broad SMARTS) is 1. The van der Waals surface area contributed by atoms with E-state index in [1.165, 1.54) is 18.4 Å². The third-order valence-corrected chi connectivity index (χ3v) is 6.54. The van der Waals surface area contributed by atoms with E-state index in [4.69, 9.17) is 4.74 Å². The van der Waals surface area contributed by atoms with Crippen molar-refractivity contribution in [1.82, 2.24) is 10.3 Å². The molecule has 0 bridgehead atoms. The highest BCUT2D eigenvalue weighted by Crippen LogP contribution is 2.36. The lowest BCUT2D eigenvalue weighted by atomic mass is 9.81. The molecule has 0 aromatic heterocycles. The van der Waals surface area contributed by atoms with E-state index in [1.807, 2.05) is 38.1 Å². The van der Waals surface area contributed by atoms with Crippen LogP contribution < -0.4 is 5.32 Å². The molecule has 1 heterocycles. The van der Waals surface area contributed by atoms with Gasteiger partial charge in [0.25, 0.3) is 5.91 Å². The Kier molecular flexibility index (Phi) is 9.82.